The Hall–Kier alpha value is -1.10. The first-order chi connectivity index (χ1) is 9.43. The van der Waals surface area contributed by atoms with Crippen molar-refractivity contribution < 1.29 is 24.9 Å². The first-order valence-corrected chi connectivity index (χ1v) is 7.55. The summed E-state index contributed by atoms with van der Waals surface area (Å²) in [6, 6.07) is 0. The van der Waals surface area contributed by atoms with Gasteiger partial charge in [-0.3, -0.25) is 9.59 Å². The second-order valence-corrected chi connectivity index (χ2v) is 4.93. The van der Waals surface area contributed by atoms with Crippen molar-refractivity contribution >= 4 is 11.9 Å². The highest BCUT2D eigenvalue weighted by Crippen LogP contribution is 2.07. The lowest BCUT2D eigenvalue weighted by atomic mass is 10.1. The zero-order valence-electron chi connectivity index (χ0n) is 12.8. The van der Waals surface area contributed by atoms with E-state index in [9.17, 15) is 14.7 Å². The fourth-order valence-electron chi connectivity index (χ4n) is 1.58. The molecule has 0 saturated heterocycles. The zero-order valence-corrected chi connectivity index (χ0v) is 12.8. The van der Waals surface area contributed by atoms with Gasteiger partial charge < -0.3 is 15.3 Å². The molecular weight excluding hydrogens is 260 g/mol. The maximum Gasteiger partial charge on any atom is 0.303 e. The third-order valence-corrected chi connectivity index (χ3v) is 2.81. The second-order valence-electron chi connectivity index (χ2n) is 4.93. The van der Waals surface area contributed by atoms with Crippen LogP contribution in [0.5, 0.6) is 0 Å². The number of rotatable bonds is 11. The lowest BCUT2D eigenvalue weighted by molar-refractivity contribution is -0.139. The van der Waals surface area contributed by atoms with E-state index in [0.717, 1.165) is 12.8 Å². The summed E-state index contributed by atoms with van der Waals surface area (Å²) >= 11 is 0. The number of carbonyl (C=O) groups is 2. The minimum Gasteiger partial charge on any atom is -0.481 e. The molecule has 0 aliphatic heterocycles. The van der Waals surface area contributed by atoms with E-state index < -0.39 is 11.9 Å². The van der Waals surface area contributed by atoms with Gasteiger partial charge in [-0.15, -0.1) is 0 Å². The van der Waals surface area contributed by atoms with E-state index in [4.69, 9.17) is 10.2 Å². The Morgan fingerprint density at radius 1 is 0.800 bits per heavy atom. The number of aliphatic hydroxyl groups is 1. The first-order valence-electron chi connectivity index (χ1n) is 7.55. The van der Waals surface area contributed by atoms with E-state index in [2.05, 4.69) is 13.8 Å². The Balaban J connectivity index is 0. The Kier molecular flexibility index (Phi) is 16.9. The van der Waals surface area contributed by atoms with Crippen LogP contribution < -0.4 is 0 Å². The van der Waals surface area contributed by atoms with Crippen molar-refractivity contribution in [2.45, 2.75) is 84.2 Å². The lowest BCUT2D eigenvalue weighted by Gasteiger charge is -2.07. The molecule has 0 bridgehead atoms. The van der Waals surface area contributed by atoms with Gasteiger partial charge in [0.2, 0.25) is 0 Å². The molecule has 0 fully saturated rings. The van der Waals surface area contributed by atoms with E-state index in [0.29, 0.717) is 12.8 Å². The maximum absolute atomic E-state index is 9.90. The molecule has 0 aliphatic rings. The molecule has 120 valence electrons. The third-order valence-electron chi connectivity index (χ3n) is 2.81. The van der Waals surface area contributed by atoms with E-state index in [1.165, 1.54) is 25.7 Å². The molecule has 0 aromatic rings. The Morgan fingerprint density at radius 3 is 1.40 bits per heavy atom. The van der Waals surface area contributed by atoms with Crippen LogP contribution in [-0.4, -0.2) is 33.4 Å². The number of carboxylic acids is 2. The molecule has 0 radical (unpaired) electrons. The van der Waals surface area contributed by atoms with Gasteiger partial charge in [-0.05, 0) is 25.7 Å². The molecular formula is C15H30O5. The largest absolute Gasteiger partial charge is 0.481 e. The van der Waals surface area contributed by atoms with Crippen LogP contribution in [0.3, 0.4) is 0 Å². The van der Waals surface area contributed by atoms with E-state index in [1.54, 1.807) is 0 Å². The highest BCUT2D eigenvalue weighted by atomic mass is 16.4. The molecule has 0 rings (SSSR count). The van der Waals surface area contributed by atoms with Crippen molar-refractivity contribution in [1.29, 1.82) is 0 Å². The number of aliphatic hydroxyl groups excluding tert-OH is 1. The summed E-state index contributed by atoms with van der Waals surface area (Å²) in [6.45, 7) is 4.32. The van der Waals surface area contributed by atoms with Gasteiger partial charge in [0.05, 0.1) is 6.10 Å². The molecule has 0 spiro atoms. The monoisotopic (exact) mass is 290 g/mol. The van der Waals surface area contributed by atoms with Crippen molar-refractivity contribution in [1.82, 2.24) is 0 Å². The smallest absolute Gasteiger partial charge is 0.303 e. The summed E-state index contributed by atoms with van der Waals surface area (Å²) in [5, 5.41) is 25.6. The van der Waals surface area contributed by atoms with E-state index in [1.807, 2.05) is 0 Å². The molecule has 0 atom stereocenters. The number of hydrogen-bond donors (Lipinski definition) is 3. The standard InChI is InChI=1S/C9H20O.C6H10O4/c1-3-5-7-9(10)8-6-4-2;7-5(8)3-1-2-4-6(9)10/h9-10H,3-8H2,1-2H3;1-4H2,(H,7,8)(H,9,10). The highest BCUT2D eigenvalue weighted by Gasteiger charge is 2.00. The molecule has 0 aromatic carbocycles. The molecule has 3 N–H and O–H groups in total. The maximum atomic E-state index is 9.90. The topological polar surface area (TPSA) is 94.8 Å². The number of hydrogen-bond acceptors (Lipinski definition) is 3. The fraction of sp³-hybridized carbons (Fsp3) is 0.867. The van der Waals surface area contributed by atoms with Gasteiger partial charge in [0, 0.05) is 12.8 Å². The summed E-state index contributed by atoms with van der Waals surface area (Å²) in [5.74, 6) is -1.74. The average molecular weight is 290 g/mol. The van der Waals surface area contributed by atoms with Crippen LogP contribution in [0.2, 0.25) is 0 Å². The summed E-state index contributed by atoms with van der Waals surface area (Å²) in [4.78, 5) is 19.8. The SMILES string of the molecule is CCCCC(O)CCCC.O=C(O)CCCCC(=O)O. The van der Waals surface area contributed by atoms with Gasteiger partial charge in [-0.2, -0.15) is 0 Å². The molecule has 5 heteroatoms. The highest BCUT2D eigenvalue weighted by molar-refractivity contribution is 5.67. The lowest BCUT2D eigenvalue weighted by Crippen LogP contribution is -2.05. The van der Waals surface area contributed by atoms with Crippen LogP contribution >= 0.6 is 0 Å². The van der Waals surface area contributed by atoms with Gasteiger partial charge in [-0.25, -0.2) is 0 Å². The van der Waals surface area contributed by atoms with Gasteiger partial charge in [0.15, 0.2) is 0 Å². The predicted molar refractivity (Wildman–Crippen MR) is 78.8 cm³/mol. The molecule has 5 nitrogen and oxygen atoms in total. The van der Waals surface area contributed by atoms with Crippen LogP contribution in [0, 0.1) is 0 Å². The minimum atomic E-state index is -0.870. The second kappa shape index (κ2) is 16.0. The molecule has 0 unspecified atom stereocenters. The number of unbranched alkanes of at least 4 members (excludes halogenated alkanes) is 3. The zero-order chi connectivity index (χ0) is 15.8. The van der Waals surface area contributed by atoms with Gasteiger partial charge >= 0.3 is 11.9 Å². The quantitative estimate of drug-likeness (QED) is 0.507. The number of aliphatic carboxylic acids is 2. The third kappa shape index (κ3) is 22.1. The van der Waals surface area contributed by atoms with Crippen molar-refractivity contribution in [2.24, 2.45) is 0 Å². The number of carboxylic acid groups (broad SMARTS) is 2. The van der Waals surface area contributed by atoms with E-state index in [-0.39, 0.29) is 18.9 Å². The van der Waals surface area contributed by atoms with Crippen LogP contribution in [0.15, 0.2) is 0 Å². The minimum absolute atomic E-state index is 0.0279. The first kappa shape index (κ1) is 21.2. The molecule has 0 amide bonds. The van der Waals surface area contributed by atoms with E-state index >= 15 is 0 Å². The molecule has 0 heterocycles. The normalized spacial score (nSPS) is 10.0. The molecule has 0 saturated carbocycles. The summed E-state index contributed by atoms with van der Waals surface area (Å²) in [5.41, 5.74) is 0. The van der Waals surface area contributed by atoms with Crippen molar-refractivity contribution in [2.75, 3.05) is 0 Å². The van der Waals surface area contributed by atoms with Crippen molar-refractivity contribution in [3.05, 3.63) is 0 Å². The average Bonchev–Trinajstić information content (AvgIpc) is 2.39. The van der Waals surface area contributed by atoms with Crippen molar-refractivity contribution in [3.8, 4) is 0 Å². The summed E-state index contributed by atoms with van der Waals surface area (Å²) in [7, 11) is 0. The van der Waals surface area contributed by atoms with Crippen molar-refractivity contribution in [3.63, 3.8) is 0 Å². The summed E-state index contributed by atoms with van der Waals surface area (Å²) in [6.07, 6.45) is 7.72. The molecule has 20 heavy (non-hydrogen) atoms. The van der Waals surface area contributed by atoms with Crippen LogP contribution in [0.4, 0.5) is 0 Å². The molecule has 0 aromatic heterocycles. The Morgan fingerprint density at radius 2 is 1.15 bits per heavy atom. The fourth-order valence-corrected chi connectivity index (χ4v) is 1.58. The predicted octanol–water partition coefficient (Wildman–Crippen LogP) is 3.44. The van der Waals surface area contributed by atoms with Crippen LogP contribution in [0.25, 0.3) is 0 Å². The Labute approximate surface area is 122 Å². The summed E-state index contributed by atoms with van der Waals surface area (Å²) < 4.78 is 0. The van der Waals surface area contributed by atoms with Gasteiger partial charge in [-0.1, -0.05) is 39.5 Å². The van der Waals surface area contributed by atoms with Crippen LogP contribution in [-0.2, 0) is 9.59 Å². The van der Waals surface area contributed by atoms with Crippen LogP contribution in [0.1, 0.15) is 78.1 Å². The van der Waals surface area contributed by atoms with Gasteiger partial charge in [0.25, 0.3) is 0 Å². The molecule has 0 aliphatic carbocycles. The Bertz CT molecular complexity index is 216. The van der Waals surface area contributed by atoms with Gasteiger partial charge in [0.1, 0.15) is 0 Å².